The fraction of sp³-hybridized carbons (Fsp3) is 0.273. The van der Waals surface area contributed by atoms with Gasteiger partial charge in [-0.05, 0) is 58.0 Å². The minimum Gasteiger partial charge on any atom is -0.444 e. The Kier molecular flexibility index (Phi) is 5.81. The Morgan fingerprint density at radius 1 is 1.27 bits per heavy atom. The number of fused-ring (bicyclic) bond motifs is 1. The van der Waals surface area contributed by atoms with Gasteiger partial charge >= 0.3 is 6.09 Å². The molecular formula is C22H21ClN4O3. The van der Waals surface area contributed by atoms with Crippen molar-refractivity contribution in [3.63, 3.8) is 0 Å². The van der Waals surface area contributed by atoms with Crippen LogP contribution in [0.3, 0.4) is 0 Å². The van der Waals surface area contributed by atoms with Crippen molar-refractivity contribution >= 4 is 28.6 Å². The van der Waals surface area contributed by atoms with Crippen molar-refractivity contribution in [3.05, 3.63) is 69.2 Å². The molecule has 0 spiro atoms. The first-order valence-electron chi connectivity index (χ1n) is 9.32. The zero-order chi connectivity index (χ0) is 22.1. The van der Waals surface area contributed by atoms with E-state index in [2.05, 4.69) is 16.4 Å². The van der Waals surface area contributed by atoms with Crippen LogP contribution < -0.4 is 10.9 Å². The normalized spacial score (nSPS) is 12.3. The van der Waals surface area contributed by atoms with Crippen molar-refractivity contribution < 1.29 is 9.53 Å². The topological polar surface area (TPSA) is 97.0 Å². The van der Waals surface area contributed by atoms with Crippen molar-refractivity contribution in [2.24, 2.45) is 0 Å². The largest absolute Gasteiger partial charge is 0.444 e. The van der Waals surface area contributed by atoms with Gasteiger partial charge in [-0.15, -0.1) is 0 Å². The maximum Gasteiger partial charge on any atom is 0.408 e. The second-order valence-corrected chi connectivity index (χ2v) is 8.18. The van der Waals surface area contributed by atoms with E-state index in [1.165, 1.54) is 4.57 Å². The molecule has 154 valence electrons. The van der Waals surface area contributed by atoms with Gasteiger partial charge in [-0.1, -0.05) is 23.7 Å². The number of nitriles is 1. The lowest BCUT2D eigenvalue weighted by Crippen LogP contribution is -2.37. The van der Waals surface area contributed by atoms with Gasteiger partial charge in [-0.2, -0.15) is 5.26 Å². The zero-order valence-electron chi connectivity index (χ0n) is 17.1. The van der Waals surface area contributed by atoms with Crippen molar-refractivity contribution in [3.8, 4) is 11.8 Å². The third kappa shape index (κ3) is 4.44. The second kappa shape index (κ2) is 8.17. The van der Waals surface area contributed by atoms with E-state index in [9.17, 15) is 14.9 Å². The molecule has 7 nitrogen and oxygen atoms in total. The smallest absolute Gasteiger partial charge is 0.408 e. The van der Waals surface area contributed by atoms with Crippen LogP contribution in [-0.2, 0) is 4.74 Å². The quantitative estimate of drug-likeness (QED) is 0.667. The fourth-order valence-corrected chi connectivity index (χ4v) is 3.26. The number of alkyl carbamates (subject to hydrolysis) is 1. The minimum atomic E-state index is -0.672. The first-order chi connectivity index (χ1) is 14.1. The van der Waals surface area contributed by atoms with E-state index in [0.717, 1.165) is 0 Å². The molecule has 0 aliphatic carbocycles. The Morgan fingerprint density at radius 2 is 1.97 bits per heavy atom. The molecule has 0 radical (unpaired) electrons. The third-order valence-electron chi connectivity index (χ3n) is 4.23. The SMILES string of the molecule is C[C@H](NC(=O)OC(C)(C)C)c1nc2cccc(Cl)c2c(=O)n1-c1cccc(C#N)c1. The number of benzene rings is 2. The van der Waals surface area contributed by atoms with Crippen LogP contribution in [0, 0.1) is 11.3 Å². The third-order valence-corrected chi connectivity index (χ3v) is 4.54. The van der Waals surface area contributed by atoms with E-state index in [1.807, 2.05) is 0 Å². The Hall–Kier alpha value is -3.37. The second-order valence-electron chi connectivity index (χ2n) is 7.77. The van der Waals surface area contributed by atoms with Crippen LogP contribution in [0.15, 0.2) is 47.3 Å². The number of hydrogen-bond acceptors (Lipinski definition) is 5. The monoisotopic (exact) mass is 424 g/mol. The van der Waals surface area contributed by atoms with E-state index >= 15 is 0 Å². The molecule has 0 aliphatic heterocycles. The lowest BCUT2D eigenvalue weighted by molar-refractivity contribution is 0.0505. The lowest BCUT2D eigenvalue weighted by atomic mass is 10.1. The number of nitrogens with one attached hydrogen (secondary N) is 1. The zero-order valence-corrected chi connectivity index (χ0v) is 17.8. The first kappa shape index (κ1) is 21.3. The number of aromatic nitrogens is 2. The average molecular weight is 425 g/mol. The van der Waals surface area contributed by atoms with Crippen LogP contribution in [0.25, 0.3) is 16.6 Å². The number of halogens is 1. The predicted molar refractivity (Wildman–Crippen MR) is 115 cm³/mol. The standard InChI is InChI=1S/C22H21ClN4O3/c1-13(25-21(29)30-22(2,3)4)19-26-17-10-6-9-16(23)18(17)20(28)27(19)15-8-5-7-14(11-15)12-24/h5-11,13H,1-4H3,(H,25,29)/t13-/m0/s1. The highest BCUT2D eigenvalue weighted by Crippen LogP contribution is 2.23. The van der Waals surface area contributed by atoms with Gasteiger partial charge in [0.15, 0.2) is 0 Å². The molecule has 0 unspecified atom stereocenters. The molecule has 3 rings (SSSR count). The molecule has 1 N–H and O–H groups in total. The van der Waals surface area contributed by atoms with Crippen molar-refractivity contribution in [1.82, 2.24) is 14.9 Å². The van der Waals surface area contributed by atoms with E-state index in [-0.39, 0.29) is 16.2 Å². The van der Waals surface area contributed by atoms with E-state index in [0.29, 0.717) is 16.8 Å². The molecule has 0 aliphatic rings. The number of ether oxygens (including phenoxy) is 1. The van der Waals surface area contributed by atoms with Gasteiger partial charge in [0.2, 0.25) is 0 Å². The maximum absolute atomic E-state index is 13.4. The van der Waals surface area contributed by atoms with Gasteiger partial charge < -0.3 is 10.1 Å². The molecule has 1 amide bonds. The summed E-state index contributed by atoms with van der Waals surface area (Å²) >= 11 is 6.27. The number of rotatable bonds is 3. The Labute approximate surface area is 178 Å². The summed E-state index contributed by atoms with van der Waals surface area (Å²) in [7, 11) is 0. The summed E-state index contributed by atoms with van der Waals surface area (Å²) in [6, 6.07) is 13.0. The summed E-state index contributed by atoms with van der Waals surface area (Å²) in [5.41, 5.74) is 0.176. The Bertz CT molecular complexity index is 1220. The maximum atomic E-state index is 13.4. The number of hydrogen-bond donors (Lipinski definition) is 1. The van der Waals surface area contributed by atoms with Crippen molar-refractivity contribution in [2.45, 2.75) is 39.3 Å². The van der Waals surface area contributed by atoms with Crippen LogP contribution in [0.4, 0.5) is 4.79 Å². The molecule has 0 saturated carbocycles. The average Bonchev–Trinajstić information content (AvgIpc) is 2.66. The lowest BCUT2D eigenvalue weighted by Gasteiger charge is -2.23. The number of amides is 1. The summed E-state index contributed by atoms with van der Waals surface area (Å²) < 4.78 is 6.68. The molecule has 3 aromatic rings. The highest BCUT2D eigenvalue weighted by Gasteiger charge is 2.23. The highest BCUT2D eigenvalue weighted by molar-refractivity contribution is 6.35. The molecule has 1 atom stereocenters. The van der Waals surface area contributed by atoms with Crippen molar-refractivity contribution in [2.75, 3.05) is 0 Å². The summed E-state index contributed by atoms with van der Waals surface area (Å²) in [6.07, 6.45) is -0.632. The molecular weight excluding hydrogens is 404 g/mol. The summed E-state index contributed by atoms with van der Waals surface area (Å²) in [5.74, 6) is 0.288. The summed E-state index contributed by atoms with van der Waals surface area (Å²) in [5, 5.41) is 12.5. The van der Waals surface area contributed by atoms with Gasteiger partial charge in [0.05, 0.1) is 39.3 Å². The molecule has 0 bridgehead atoms. The van der Waals surface area contributed by atoms with Gasteiger partial charge in [0.25, 0.3) is 5.56 Å². The van der Waals surface area contributed by atoms with Gasteiger partial charge in [0.1, 0.15) is 11.4 Å². The minimum absolute atomic E-state index is 0.259. The molecule has 30 heavy (non-hydrogen) atoms. The molecule has 1 heterocycles. The Morgan fingerprint density at radius 3 is 2.63 bits per heavy atom. The molecule has 2 aromatic carbocycles. The molecule has 1 aromatic heterocycles. The number of carbonyl (C=O) groups excluding carboxylic acids is 1. The number of carbonyl (C=O) groups is 1. The molecule has 8 heteroatoms. The van der Waals surface area contributed by atoms with E-state index < -0.39 is 23.3 Å². The van der Waals surface area contributed by atoms with Crippen molar-refractivity contribution in [1.29, 1.82) is 5.26 Å². The van der Waals surface area contributed by atoms with E-state index in [1.54, 1.807) is 70.2 Å². The first-order valence-corrected chi connectivity index (χ1v) is 9.70. The van der Waals surface area contributed by atoms with Crippen LogP contribution in [0.5, 0.6) is 0 Å². The number of nitrogens with zero attached hydrogens (tertiary/aromatic N) is 3. The fourth-order valence-electron chi connectivity index (χ4n) is 3.01. The Balaban J connectivity index is 2.20. The highest BCUT2D eigenvalue weighted by atomic mass is 35.5. The van der Waals surface area contributed by atoms with Crippen LogP contribution in [0.1, 0.15) is 45.1 Å². The predicted octanol–water partition coefficient (Wildman–Crippen LogP) is 4.50. The molecule has 0 saturated heterocycles. The van der Waals surface area contributed by atoms with Gasteiger partial charge in [-0.25, -0.2) is 9.78 Å². The summed E-state index contributed by atoms with van der Waals surface area (Å²) in [6.45, 7) is 6.98. The van der Waals surface area contributed by atoms with Crippen LogP contribution in [0.2, 0.25) is 5.02 Å². The summed E-state index contributed by atoms with van der Waals surface area (Å²) in [4.78, 5) is 30.3. The van der Waals surface area contributed by atoms with Crippen LogP contribution in [-0.4, -0.2) is 21.2 Å². The van der Waals surface area contributed by atoms with E-state index in [4.69, 9.17) is 16.3 Å². The van der Waals surface area contributed by atoms with Gasteiger partial charge in [-0.3, -0.25) is 9.36 Å². The van der Waals surface area contributed by atoms with Gasteiger partial charge in [0, 0.05) is 0 Å². The molecule has 0 fully saturated rings. The van der Waals surface area contributed by atoms with Crippen LogP contribution >= 0.6 is 11.6 Å².